The van der Waals surface area contributed by atoms with Crippen LogP contribution in [0.3, 0.4) is 0 Å². The summed E-state index contributed by atoms with van der Waals surface area (Å²) >= 11 is 0. The summed E-state index contributed by atoms with van der Waals surface area (Å²) in [6.45, 7) is 0.0268. The number of likely N-dealkylation sites (tertiary alicyclic amines) is 1. The van der Waals surface area contributed by atoms with Crippen molar-refractivity contribution >= 4 is 23.1 Å². The Kier molecular flexibility index (Phi) is 5.86. The highest BCUT2D eigenvalue weighted by Gasteiger charge is 2.46. The van der Waals surface area contributed by atoms with E-state index in [0.29, 0.717) is 17.0 Å². The van der Waals surface area contributed by atoms with E-state index in [1.165, 1.54) is 30.2 Å². The molecular weight excluding hydrogens is 426 g/mol. The molecule has 0 saturated carbocycles. The fourth-order valence-electron chi connectivity index (χ4n) is 3.79. The number of ether oxygens (including phenoxy) is 1. The third-order valence-corrected chi connectivity index (χ3v) is 5.34. The highest BCUT2D eigenvalue weighted by Crippen LogP contribution is 2.41. The summed E-state index contributed by atoms with van der Waals surface area (Å²) in [4.78, 5) is 42.3. The first-order valence-electron chi connectivity index (χ1n) is 9.98. The molecule has 0 bridgehead atoms. The average molecular weight is 445 g/mol. The van der Waals surface area contributed by atoms with Gasteiger partial charge in [0.05, 0.1) is 35.9 Å². The first-order valence-corrected chi connectivity index (χ1v) is 9.98. The molecule has 0 radical (unpaired) electrons. The predicted octanol–water partition coefficient (Wildman–Crippen LogP) is 3.62. The van der Waals surface area contributed by atoms with E-state index in [0.717, 1.165) is 6.07 Å². The summed E-state index contributed by atoms with van der Waals surface area (Å²) in [5.74, 6) is -1.68. The van der Waals surface area contributed by atoms with Gasteiger partial charge in [0, 0.05) is 23.9 Å². The summed E-state index contributed by atoms with van der Waals surface area (Å²) in [5, 5.41) is 22.3. The number of aliphatic hydroxyl groups is 1. The molecule has 1 amide bonds. The molecule has 4 rings (SSSR count). The van der Waals surface area contributed by atoms with Crippen LogP contribution in [-0.2, 0) is 16.1 Å². The van der Waals surface area contributed by atoms with E-state index in [9.17, 15) is 24.8 Å². The molecular formula is C24H19N3O6. The number of aromatic nitrogens is 1. The largest absolute Gasteiger partial charge is 0.507 e. The summed E-state index contributed by atoms with van der Waals surface area (Å²) in [6, 6.07) is 16.4. The normalized spacial score (nSPS) is 17.2. The van der Waals surface area contributed by atoms with E-state index in [2.05, 4.69) is 4.98 Å². The van der Waals surface area contributed by atoms with Crippen LogP contribution >= 0.6 is 0 Å². The Morgan fingerprint density at radius 1 is 1.12 bits per heavy atom. The van der Waals surface area contributed by atoms with Crippen molar-refractivity contribution in [3.63, 3.8) is 0 Å². The average Bonchev–Trinajstić information content (AvgIpc) is 3.09. The number of non-ortho nitro benzene ring substituents is 1. The second-order valence-corrected chi connectivity index (χ2v) is 7.33. The fourth-order valence-corrected chi connectivity index (χ4v) is 3.79. The number of hydrogen-bond acceptors (Lipinski definition) is 7. The van der Waals surface area contributed by atoms with Crippen molar-refractivity contribution in [1.82, 2.24) is 9.88 Å². The Morgan fingerprint density at radius 2 is 1.91 bits per heavy atom. The summed E-state index contributed by atoms with van der Waals surface area (Å²) in [6.07, 6.45) is 1.58. The molecule has 1 aromatic heterocycles. The molecule has 2 aromatic carbocycles. The first-order chi connectivity index (χ1) is 15.9. The van der Waals surface area contributed by atoms with Crippen LogP contribution in [0.5, 0.6) is 5.75 Å². The molecule has 2 heterocycles. The number of Topliss-reactive ketones (excluding diaryl/α,β-unsaturated/α-hetero) is 1. The molecule has 3 aromatic rings. The number of nitro benzene ring substituents is 1. The second-order valence-electron chi connectivity index (χ2n) is 7.33. The highest BCUT2D eigenvalue weighted by molar-refractivity contribution is 6.46. The van der Waals surface area contributed by atoms with Crippen molar-refractivity contribution in [2.75, 3.05) is 7.11 Å². The number of rotatable bonds is 6. The lowest BCUT2D eigenvalue weighted by Crippen LogP contribution is -2.29. The lowest BCUT2D eigenvalue weighted by atomic mass is 9.95. The van der Waals surface area contributed by atoms with Crippen LogP contribution < -0.4 is 4.74 Å². The van der Waals surface area contributed by atoms with Gasteiger partial charge in [-0.2, -0.15) is 0 Å². The quantitative estimate of drug-likeness (QED) is 0.202. The third-order valence-electron chi connectivity index (χ3n) is 5.34. The number of methoxy groups -OCH3 is 1. The van der Waals surface area contributed by atoms with Crippen LogP contribution in [0.25, 0.3) is 5.76 Å². The molecule has 1 saturated heterocycles. The number of pyridine rings is 1. The maximum Gasteiger partial charge on any atom is 0.296 e. The van der Waals surface area contributed by atoms with Gasteiger partial charge in [0.1, 0.15) is 11.5 Å². The van der Waals surface area contributed by atoms with Crippen molar-refractivity contribution in [2.24, 2.45) is 0 Å². The molecule has 0 aliphatic carbocycles. The predicted molar refractivity (Wildman–Crippen MR) is 118 cm³/mol. The smallest absolute Gasteiger partial charge is 0.296 e. The molecule has 0 spiro atoms. The Morgan fingerprint density at radius 3 is 2.61 bits per heavy atom. The topological polar surface area (TPSA) is 123 Å². The minimum absolute atomic E-state index is 0.0268. The number of carbonyl (C=O) groups excluding carboxylic acids is 2. The third kappa shape index (κ3) is 4.16. The van der Waals surface area contributed by atoms with Gasteiger partial charge in [-0.25, -0.2) is 0 Å². The number of nitro groups is 1. The summed E-state index contributed by atoms with van der Waals surface area (Å²) < 4.78 is 5.29. The number of carbonyl (C=O) groups is 2. The standard InChI is InChI=1S/C24H19N3O6/c1-33-19-10-5-6-15(13-19)21-20(22(28)16-7-4-9-18(12-16)27(31)32)23(29)24(30)26(21)14-17-8-2-3-11-25-17/h2-13,21,28H,14H2,1H3/b22-20-. The molecule has 1 aliphatic heterocycles. The van der Waals surface area contributed by atoms with Crippen molar-refractivity contribution in [2.45, 2.75) is 12.6 Å². The molecule has 166 valence electrons. The lowest BCUT2D eigenvalue weighted by molar-refractivity contribution is -0.384. The number of nitrogens with zero attached hydrogens (tertiary/aromatic N) is 3. The van der Waals surface area contributed by atoms with Crippen LogP contribution in [0.2, 0.25) is 0 Å². The van der Waals surface area contributed by atoms with Gasteiger partial charge in [-0.3, -0.25) is 24.7 Å². The van der Waals surface area contributed by atoms with Crippen LogP contribution in [-0.4, -0.2) is 38.7 Å². The lowest BCUT2D eigenvalue weighted by Gasteiger charge is -2.25. The van der Waals surface area contributed by atoms with Crippen LogP contribution in [0.4, 0.5) is 5.69 Å². The van der Waals surface area contributed by atoms with E-state index >= 15 is 0 Å². The van der Waals surface area contributed by atoms with Gasteiger partial charge in [-0.1, -0.05) is 30.3 Å². The minimum Gasteiger partial charge on any atom is -0.507 e. The minimum atomic E-state index is -0.943. The van der Waals surface area contributed by atoms with Crippen molar-refractivity contribution < 1.29 is 24.4 Å². The molecule has 1 aliphatic rings. The van der Waals surface area contributed by atoms with Gasteiger partial charge in [0.15, 0.2) is 0 Å². The van der Waals surface area contributed by atoms with Crippen LogP contribution in [0.1, 0.15) is 22.9 Å². The highest BCUT2D eigenvalue weighted by atomic mass is 16.6. The zero-order chi connectivity index (χ0) is 23.5. The van der Waals surface area contributed by atoms with Gasteiger partial charge in [-0.05, 0) is 29.8 Å². The van der Waals surface area contributed by atoms with Gasteiger partial charge < -0.3 is 14.7 Å². The summed E-state index contributed by atoms with van der Waals surface area (Å²) in [7, 11) is 1.49. The molecule has 33 heavy (non-hydrogen) atoms. The number of aliphatic hydroxyl groups excluding tert-OH is 1. The zero-order valence-corrected chi connectivity index (χ0v) is 17.5. The molecule has 1 N–H and O–H groups in total. The van der Waals surface area contributed by atoms with E-state index in [1.54, 1.807) is 48.7 Å². The van der Waals surface area contributed by atoms with Crippen molar-refractivity contribution in [3.05, 3.63) is 105 Å². The van der Waals surface area contributed by atoms with Gasteiger partial charge in [-0.15, -0.1) is 0 Å². The molecule has 9 nitrogen and oxygen atoms in total. The Balaban J connectivity index is 1.89. The van der Waals surface area contributed by atoms with Gasteiger partial charge in [0.2, 0.25) is 0 Å². The monoisotopic (exact) mass is 445 g/mol. The van der Waals surface area contributed by atoms with Crippen molar-refractivity contribution in [1.29, 1.82) is 0 Å². The van der Waals surface area contributed by atoms with Crippen LogP contribution in [0.15, 0.2) is 78.5 Å². The fraction of sp³-hybridized carbons (Fsp3) is 0.125. The molecule has 1 atom stereocenters. The molecule has 9 heteroatoms. The molecule has 1 unspecified atom stereocenters. The SMILES string of the molecule is COc1cccc(C2/C(=C(/O)c3cccc([N+](=O)[O-])c3)C(=O)C(=O)N2Cc2ccccn2)c1. The van der Waals surface area contributed by atoms with Gasteiger partial charge >= 0.3 is 0 Å². The first kappa shape index (κ1) is 21.7. The maximum absolute atomic E-state index is 13.1. The zero-order valence-electron chi connectivity index (χ0n) is 17.5. The maximum atomic E-state index is 13.1. The van der Waals surface area contributed by atoms with E-state index in [-0.39, 0.29) is 23.4 Å². The number of ketones is 1. The number of amides is 1. The van der Waals surface area contributed by atoms with E-state index in [4.69, 9.17) is 4.74 Å². The number of hydrogen-bond donors (Lipinski definition) is 1. The number of benzene rings is 2. The van der Waals surface area contributed by atoms with Crippen molar-refractivity contribution in [3.8, 4) is 5.75 Å². The molecule has 1 fully saturated rings. The van der Waals surface area contributed by atoms with E-state index < -0.39 is 28.4 Å². The Bertz CT molecular complexity index is 1270. The Labute approximate surface area is 188 Å². The Hall–Kier alpha value is -4.53. The summed E-state index contributed by atoms with van der Waals surface area (Å²) in [5.41, 5.74) is 0.747. The second kappa shape index (κ2) is 8.91. The van der Waals surface area contributed by atoms with Crippen LogP contribution in [0, 0.1) is 10.1 Å². The van der Waals surface area contributed by atoms with Gasteiger partial charge in [0.25, 0.3) is 17.4 Å². The van der Waals surface area contributed by atoms with E-state index in [1.807, 2.05) is 0 Å².